The van der Waals surface area contributed by atoms with Gasteiger partial charge in [0.2, 0.25) is 0 Å². The molecule has 2 nitrogen and oxygen atoms in total. The lowest BCUT2D eigenvalue weighted by atomic mass is 10.1. The molecule has 0 radical (unpaired) electrons. The third-order valence-corrected chi connectivity index (χ3v) is 3.57. The van der Waals surface area contributed by atoms with E-state index in [-0.39, 0.29) is 5.63 Å². The van der Waals surface area contributed by atoms with E-state index in [1.54, 1.807) is 6.07 Å². The first-order valence-electron chi connectivity index (χ1n) is 6.19. The van der Waals surface area contributed by atoms with Crippen LogP contribution in [0.4, 0.5) is 0 Å². The van der Waals surface area contributed by atoms with Gasteiger partial charge in [0.1, 0.15) is 5.76 Å². The van der Waals surface area contributed by atoms with Gasteiger partial charge in [0.15, 0.2) is 0 Å². The Bertz CT molecular complexity index is 774. The SMILES string of the molecule is O=c1oc(-c2ccc(Br)cc2)ccc1-c1ccccc1. The molecule has 0 aliphatic heterocycles. The van der Waals surface area contributed by atoms with Crippen LogP contribution in [0.2, 0.25) is 0 Å². The largest absolute Gasteiger partial charge is 0.422 e. The van der Waals surface area contributed by atoms with Gasteiger partial charge in [-0.3, -0.25) is 0 Å². The molecule has 20 heavy (non-hydrogen) atoms. The van der Waals surface area contributed by atoms with Gasteiger partial charge in [-0.05, 0) is 29.8 Å². The van der Waals surface area contributed by atoms with Crippen molar-refractivity contribution in [1.82, 2.24) is 0 Å². The van der Waals surface area contributed by atoms with Crippen LogP contribution < -0.4 is 5.63 Å². The van der Waals surface area contributed by atoms with E-state index < -0.39 is 0 Å². The first-order chi connectivity index (χ1) is 9.74. The lowest BCUT2D eigenvalue weighted by molar-refractivity contribution is 0.528. The second-order valence-corrected chi connectivity index (χ2v) is 5.29. The quantitative estimate of drug-likeness (QED) is 0.681. The Kier molecular flexibility index (Phi) is 3.52. The number of hydrogen-bond acceptors (Lipinski definition) is 2. The number of rotatable bonds is 2. The van der Waals surface area contributed by atoms with Gasteiger partial charge in [-0.25, -0.2) is 4.79 Å². The minimum absolute atomic E-state index is 0.323. The lowest BCUT2D eigenvalue weighted by Gasteiger charge is -2.03. The molecule has 0 aliphatic rings. The van der Waals surface area contributed by atoms with Crippen LogP contribution >= 0.6 is 15.9 Å². The van der Waals surface area contributed by atoms with E-state index in [9.17, 15) is 4.79 Å². The summed E-state index contributed by atoms with van der Waals surface area (Å²) in [5.74, 6) is 0.571. The first-order valence-corrected chi connectivity index (χ1v) is 6.99. The van der Waals surface area contributed by atoms with Gasteiger partial charge in [0.25, 0.3) is 0 Å². The van der Waals surface area contributed by atoms with E-state index in [0.717, 1.165) is 15.6 Å². The van der Waals surface area contributed by atoms with Crippen molar-refractivity contribution in [1.29, 1.82) is 0 Å². The van der Waals surface area contributed by atoms with Crippen molar-refractivity contribution >= 4 is 15.9 Å². The average Bonchev–Trinajstić information content (AvgIpc) is 2.49. The molecule has 1 aromatic heterocycles. The smallest absolute Gasteiger partial charge is 0.344 e. The molecular formula is C17H11BrO2. The van der Waals surface area contributed by atoms with Crippen LogP contribution in [-0.4, -0.2) is 0 Å². The highest BCUT2D eigenvalue weighted by atomic mass is 79.9. The van der Waals surface area contributed by atoms with Crippen LogP contribution in [0, 0.1) is 0 Å². The molecule has 0 saturated heterocycles. The van der Waals surface area contributed by atoms with Crippen molar-refractivity contribution in [2.45, 2.75) is 0 Å². The highest BCUT2D eigenvalue weighted by molar-refractivity contribution is 9.10. The normalized spacial score (nSPS) is 10.4. The zero-order chi connectivity index (χ0) is 13.9. The fraction of sp³-hybridized carbons (Fsp3) is 0. The first kappa shape index (κ1) is 12.9. The van der Waals surface area contributed by atoms with E-state index >= 15 is 0 Å². The summed E-state index contributed by atoms with van der Waals surface area (Å²) in [6, 6.07) is 20.8. The van der Waals surface area contributed by atoms with Crippen LogP contribution in [0.5, 0.6) is 0 Å². The van der Waals surface area contributed by atoms with Crippen molar-refractivity contribution in [3.63, 3.8) is 0 Å². The van der Waals surface area contributed by atoms with Crippen LogP contribution in [0.1, 0.15) is 0 Å². The Morgan fingerprint density at radius 1 is 0.750 bits per heavy atom. The molecule has 1 heterocycles. The van der Waals surface area contributed by atoms with Crippen molar-refractivity contribution in [3.8, 4) is 22.5 Å². The maximum Gasteiger partial charge on any atom is 0.344 e. The maximum atomic E-state index is 12.1. The Morgan fingerprint density at radius 3 is 2.10 bits per heavy atom. The van der Waals surface area contributed by atoms with Gasteiger partial charge in [-0.2, -0.15) is 0 Å². The molecule has 0 atom stereocenters. The van der Waals surface area contributed by atoms with Crippen molar-refractivity contribution in [3.05, 3.63) is 81.6 Å². The Hall–Kier alpha value is -2.13. The van der Waals surface area contributed by atoms with Crippen molar-refractivity contribution in [2.75, 3.05) is 0 Å². The second kappa shape index (κ2) is 5.47. The summed E-state index contributed by atoms with van der Waals surface area (Å²) in [6.45, 7) is 0. The summed E-state index contributed by atoms with van der Waals surface area (Å²) in [4.78, 5) is 12.1. The summed E-state index contributed by atoms with van der Waals surface area (Å²) < 4.78 is 6.41. The van der Waals surface area contributed by atoms with Crippen LogP contribution in [0.15, 0.2) is 80.4 Å². The van der Waals surface area contributed by atoms with Crippen molar-refractivity contribution in [2.24, 2.45) is 0 Å². The van der Waals surface area contributed by atoms with Gasteiger partial charge in [-0.1, -0.05) is 58.4 Å². The Labute approximate surface area is 124 Å². The fourth-order valence-electron chi connectivity index (χ4n) is 2.02. The average molecular weight is 327 g/mol. The standard InChI is InChI=1S/C17H11BrO2/c18-14-8-6-13(7-9-14)16-11-10-15(17(19)20-16)12-4-2-1-3-5-12/h1-11H. The Morgan fingerprint density at radius 2 is 1.45 bits per heavy atom. The van der Waals surface area contributed by atoms with E-state index in [0.29, 0.717) is 11.3 Å². The molecule has 2 aromatic carbocycles. The molecule has 0 bridgehead atoms. The molecule has 0 spiro atoms. The third-order valence-electron chi connectivity index (χ3n) is 3.04. The Balaban J connectivity index is 2.04. The zero-order valence-electron chi connectivity index (χ0n) is 10.5. The van der Waals surface area contributed by atoms with Gasteiger partial charge >= 0.3 is 5.63 Å². The summed E-state index contributed by atoms with van der Waals surface area (Å²) in [5.41, 5.74) is 2.00. The number of benzene rings is 2. The van der Waals surface area contributed by atoms with Crippen molar-refractivity contribution < 1.29 is 4.42 Å². The van der Waals surface area contributed by atoms with E-state index in [2.05, 4.69) is 15.9 Å². The topological polar surface area (TPSA) is 30.2 Å². The third kappa shape index (κ3) is 2.58. The van der Waals surface area contributed by atoms with Gasteiger partial charge in [0, 0.05) is 10.0 Å². The van der Waals surface area contributed by atoms with Gasteiger partial charge in [0.05, 0.1) is 5.56 Å². The zero-order valence-corrected chi connectivity index (χ0v) is 12.1. The predicted molar refractivity (Wildman–Crippen MR) is 83.6 cm³/mol. The highest BCUT2D eigenvalue weighted by Crippen LogP contribution is 2.23. The summed E-state index contributed by atoms with van der Waals surface area (Å²) in [5, 5.41) is 0. The molecule has 0 N–H and O–H groups in total. The summed E-state index contributed by atoms with van der Waals surface area (Å²) >= 11 is 3.38. The van der Waals surface area contributed by atoms with E-state index in [4.69, 9.17) is 4.42 Å². The number of hydrogen-bond donors (Lipinski definition) is 0. The van der Waals surface area contributed by atoms with Gasteiger partial charge < -0.3 is 4.42 Å². The molecule has 0 unspecified atom stereocenters. The van der Waals surface area contributed by atoms with Crippen LogP contribution in [0.3, 0.4) is 0 Å². The van der Waals surface area contributed by atoms with E-state index in [1.165, 1.54) is 0 Å². The highest BCUT2D eigenvalue weighted by Gasteiger charge is 2.07. The lowest BCUT2D eigenvalue weighted by Crippen LogP contribution is -2.02. The molecule has 3 rings (SSSR count). The molecule has 3 heteroatoms. The molecule has 3 aromatic rings. The predicted octanol–water partition coefficient (Wildman–Crippen LogP) is 4.74. The molecule has 0 aliphatic carbocycles. The van der Waals surface area contributed by atoms with Gasteiger partial charge in [-0.15, -0.1) is 0 Å². The summed E-state index contributed by atoms with van der Waals surface area (Å²) in [7, 11) is 0. The molecule has 98 valence electrons. The van der Waals surface area contributed by atoms with Crippen LogP contribution in [-0.2, 0) is 0 Å². The summed E-state index contributed by atoms with van der Waals surface area (Å²) in [6.07, 6.45) is 0. The fourth-order valence-corrected chi connectivity index (χ4v) is 2.28. The second-order valence-electron chi connectivity index (χ2n) is 4.37. The number of halogens is 1. The molecule has 0 saturated carbocycles. The molecule has 0 fully saturated rings. The minimum atomic E-state index is -0.323. The van der Waals surface area contributed by atoms with E-state index in [1.807, 2.05) is 60.7 Å². The van der Waals surface area contributed by atoms with Crippen LogP contribution in [0.25, 0.3) is 22.5 Å². The molecule has 0 amide bonds. The molecular weight excluding hydrogens is 316 g/mol. The monoisotopic (exact) mass is 326 g/mol. The maximum absolute atomic E-state index is 12.1. The minimum Gasteiger partial charge on any atom is -0.422 e.